The third-order valence-corrected chi connectivity index (χ3v) is 5.84. The Labute approximate surface area is 161 Å². The molecule has 0 aromatic heterocycles. The van der Waals surface area contributed by atoms with Gasteiger partial charge in [-0.05, 0) is 54.7 Å². The molecule has 1 saturated carbocycles. The van der Waals surface area contributed by atoms with Gasteiger partial charge in [0.05, 0.1) is 5.41 Å². The summed E-state index contributed by atoms with van der Waals surface area (Å²) in [6, 6.07) is 15.8. The normalized spacial score (nSPS) is 18.0. The zero-order chi connectivity index (χ0) is 18.1. The van der Waals surface area contributed by atoms with Crippen LogP contribution in [-0.2, 0) is 21.5 Å². The van der Waals surface area contributed by atoms with Crippen molar-refractivity contribution >= 4 is 33.4 Å². The Balaban J connectivity index is 1.47. The number of hydrogen-bond acceptors (Lipinski definition) is 2. The van der Waals surface area contributed by atoms with Gasteiger partial charge in [0.15, 0.2) is 0 Å². The first-order valence-electron chi connectivity index (χ1n) is 9.01. The van der Waals surface area contributed by atoms with E-state index in [2.05, 4.69) is 21.2 Å². The predicted octanol–water partition coefficient (Wildman–Crippen LogP) is 4.24. The Morgan fingerprint density at radius 3 is 2.58 bits per heavy atom. The van der Waals surface area contributed by atoms with E-state index in [0.29, 0.717) is 13.0 Å². The molecule has 0 unspecified atom stereocenters. The fourth-order valence-electron chi connectivity index (χ4n) is 3.63. The van der Waals surface area contributed by atoms with Gasteiger partial charge < -0.3 is 10.2 Å². The zero-order valence-electron chi connectivity index (χ0n) is 14.5. The Morgan fingerprint density at radius 2 is 1.92 bits per heavy atom. The second kappa shape index (κ2) is 6.88. The summed E-state index contributed by atoms with van der Waals surface area (Å²) in [6.07, 6.45) is 3.34. The van der Waals surface area contributed by atoms with Crippen molar-refractivity contribution in [3.05, 3.63) is 64.1 Å². The van der Waals surface area contributed by atoms with Gasteiger partial charge in [-0.15, -0.1) is 0 Å². The second-order valence-electron chi connectivity index (χ2n) is 7.16. The van der Waals surface area contributed by atoms with Gasteiger partial charge in [0.2, 0.25) is 11.8 Å². The minimum Gasteiger partial charge on any atom is -0.338 e. The lowest BCUT2D eigenvalue weighted by Gasteiger charge is -2.18. The number of likely N-dealkylation sites (tertiary alicyclic amines) is 1. The fourth-order valence-corrected chi connectivity index (χ4v) is 3.89. The maximum absolute atomic E-state index is 12.9. The molecule has 26 heavy (non-hydrogen) atoms. The summed E-state index contributed by atoms with van der Waals surface area (Å²) >= 11 is 3.44. The number of nitrogens with zero attached hydrogens (tertiary/aromatic N) is 1. The van der Waals surface area contributed by atoms with Gasteiger partial charge >= 0.3 is 0 Å². The number of halogens is 1. The summed E-state index contributed by atoms with van der Waals surface area (Å²) in [5, 5.41) is 3.08. The third kappa shape index (κ3) is 3.40. The molecular weight excluding hydrogens is 392 g/mol. The van der Waals surface area contributed by atoms with Crippen LogP contribution in [-0.4, -0.2) is 23.3 Å². The van der Waals surface area contributed by atoms with Crippen LogP contribution in [0.1, 0.15) is 36.8 Å². The van der Waals surface area contributed by atoms with Gasteiger partial charge in [-0.3, -0.25) is 9.59 Å². The number of amides is 2. The van der Waals surface area contributed by atoms with Gasteiger partial charge in [0.1, 0.15) is 0 Å². The molecule has 1 N–H and O–H groups in total. The molecule has 1 saturated heterocycles. The highest BCUT2D eigenvalue weighted by Gasteiger charge is 2.51. The number of rotatable bonds is 5. The van der Waals surface area contributed by atoms with Crippen LogP contribution < -0.4 is 5.32 Å². The van der Waals surface area contributed by atoms with Crippen molar-refractivity contribution in [3.63, 3.8) is 0 Å². The Bertz CT molecular complexity index is 843. The number of carbonyl (C=O) groups excluding carboxylic acids is 2. The molecule has 2 aromatic carbocycles. The van der Waals surface area contributed by atoms with E-state index in [1.165, 1.54) is 0 Å². The van der Waals surface area contributed by atoms with Gasteiger partial charge in [0, 0.05) is 29.7 Å². The molecule has 2 fully saturated rings. The monoisotopic (exact) mass is 412 g/mol. The minimum absolute atomic E-state index is 0.0502. The molecule has 2 aromatic rings. The third-order valence-electron chi connectivity index (χ3n) is 5.31. The highest BCUT2D eigenvalue weighted by Crippen LogP contribution is 2.49. The van der Waals surface area contributed by atoms with Crippen LogP contribution in [0.4, 0.5) is 5.69 Å². The quantitative estimate of drug-likeness (QED) is 0.797. The molecule has 1 aliphatic heterocycles. The van der Waals surface area contributed by atoms with E-state index in [1.807, 2.05) is 53.4 Å². The van der Waals surface area contributed by atoms with Crippen LogP contribution in [0.2, 0.25) is 0 Å². The van der Waals surface area contributed by atoms with Crippen LogP contribution in [0.5, 0.6) is 0 Å². The molecule has 1 aliphatic carbocycles. The van der Waals surface area contributed by atoms with Gasteiger partial charge in [-0.2, -0.15) is 0 Å². The standard InChI is InChI=1S/C21H21BrN2O2/c22-17-8-6-16(7-9-17)21(10-11-21)20(26)23-18-4-1-3-15(13-18)14-24-12-2-5-19(24)25/h1,3-4,6-9,13H,2,5,10-12,14H2,(H,23,26). The lowest BCUT2D eigenvalue weighted by Crippen LogP contribution is -2.28. The maximum atomic E-state index is 12.9. The number of nitrogens with one attached hydrogen (secondary N) is 1. The van der Waals surface area contributed by atoms with E-state index in [0.717, 1.165) is 47.1 Å². The molecule has 0 atom stereocenters. The molecule has 0 bridgehead atoms. The van der Waals surface area contributed by atoms with Crippen molar-refractivity contribution in [3.8, 4) is 0 Å². The largest absolute Gasteiger partial charge is 0.338 e. The highest BCUT2D eigenvalue weighted by atomic mass is 79.9. The minimum atomic E-state index is -0.401. The Hall–Kier alpha value is -2.14. The highest BCUT2D eigenvalue weighted by molar-refractivity contribution is 9.10. The summed E-state index contributed by atoms with van der Waals surface area (Å²) in [6.45, 7) is 1.43. The van der Waals surface area contributed by atoms with Crippen molar-refractivity contribution in [1.82, 2.24) is 4.90 Å². The Kier molecular flexibility index (Phi) is 4.57. The Morgan fingerprint density at radius 1 is 1.15 bits per heavy atom. The van der Waals surface area contributed by atoms with Crippen molar-refractivity contribution in [1.29, 1.82) is 0 Å². The summed E-state index contributed by atoms with van der Waals surface area (Å²) in [7, 11) is 0. The van der Waals surface area contributed by atoms with E-state index >= 15 is 0 Å². The lowest BCUT2D eigenvalue weighted by molar-refractivity contribution is -0.128. The average molecular weight is 413 g/mol. The molecule has 134 valence electrons. The first-order valence-corrected chi connectivity index (χ1v) is 9.80. The topological polar surface area (TPSA) is 49.4 Å². The second-order valence-corrected chi connectivity index (χ2v) is 8.08. The molecule has 2 aliphatic rings. The number of hydrogen-bond donors (Lipinski definition) is 1. The predicted molar refractivity (Wildman–Crippen MR) is 105 cm³/mol. The molecular formula is C21H21BrN2O2. The van der Waals surface area contributed by atoms with E-state index in [-0.39, 0.29) is 11.8 Å². The number of benzene rings is 2. The van der Waals surface area contributed by atoms with E-state index in [9.17, 15) is 9.59 Å². The van der Waals surface area contributed by atoms with Crippen LogP contribution in [0, 0.1) is 0 Å². The SMILES string of the molecule is O=C1CCCN1Cc1cccc(NC(=O)C2(c3ccc(Br)cc3)CC2)c1. The molecule has 5 heteroatoms. The molecule has 1 heterocycles. The van der Waals surface area contributed by atoms with E-state index in [4.69, 9.17) is 0 Å². The van der Waals surface area contributed by atoms with Gasteiger partial charge in [-0.1, -0.05) is 40.2 Å². The van der Waals surface area contributed by atoms with Gasteiger partial charge in [0.25, 0.3) is 0 Å². The lowest BCUT2D eigenvalue weighted by atomic mass is 9.95. The fraction of sp³-hybridized carbons (Fsp3) is 0.333. The van der Waals surface area contributed by atoms with Crippen LogP contribution in [0.15, 0.2) is 53.0 Å². The average Bonchev–Trinajstić information content (AvgIpc) is 3.35. The van der Waals surface area contributed by atoms with Gasteiger partial charge in [-0.25, -0.2) is 0 Å². The van der Waals surface area contributed by atoms with Crippen LogP contribution >= 0.6 is 15.9 Å². The maximum Gasteiger partial charge on any atom is 0.235 e. The molecule has 4 rings (SSSR count). The number of anilines is 1. The molecule has 0 spiro atoms. The van der Waals surface area contributed by atoms with Crippen molar-refractivity contribution in [2.24, 2.45) is 0 Å². The first kappa shape index (κ1) is 17.3. The smallest absolute Gasteiger partial charge is 0.235 e. The summed E-state index contributed by atoms with van der Waals surface area (Å²) in [4.78, 5) is 26.6. The summed E-state index contributed by atoms with van der Waals surface area (Å²) < 4.78 is 1.02. The molecule has 0 radical (unpaired) electrons. The molecule has 4 nitrogen and oxygen atoms in total. The van der Waals surface area contributed by atoms with Crippen LogP contribution in [0.25, 0.3) is 0 Å². The van der Waals surface area contributed by atoms with E-state index < -0.39 is 5.41 Å². The van der Waals surface area contributed by atoms with Crippen molar-refractivity contribution < 1.29 is 9.59 Å². The molecule has 2 amide bonds. The van der Waals surface area contributed by atoms with E-state index in [1.54, 1.807) is 0 Å². The summed E-state index contributed by atoms with van der Waals surface area (Å²) in [5.74, 6) is 0.265. The van der Waals surface area contributed by atoms with Crippen LogP contribution in [0.3, 0.4) is 0 Å². The zero-order valence-corrected chi connectivity index (χ0v) is 16.1. The van der Waals surface area contributed by atoms with Crippen molar-refractivity contribution in [2.45, 2.75) is 37.6 Å². The van der Waals surface area contributed by atoms with Crippen molar-refractivity contribution in [2.75, 3.05) is 11.9 Å². The first-order chi connectivity index (χ1) is 12.6. The summed E-state index contributed by atoms with van der Waals surface area (Å²) in [5.41, 5.74) is 2.51. The number of carbonyl (C=O) groups is 2.